The van der Waals surface area contributed by atoms with E-state index in [0.717, 1.165) is 17.7 Å². The Kier molecular flexibility index (Phi) is 7.64. The van der Waals surface area contributed by atoms with E-state index in [0.29, 0.717) is 29.9 Å². The smallest absolute Gasteiger partial charge is 0.416 e. The molecule has 2 aromatic carbocycles. The highest BCUT2D eigenvalue weighted by molar-refractivity contribution is 6.00. The molecule has 5 nitrogen and oxygen atoms in total. The molecule has 8 heteroatoms. The lowest BCUT2D eigenvalue weighted by Gasteiger charge is -2.13. The van der Waals surface area contributed by atoms with Crippen molar-refractivity contribution in [1.29, 1.82) is 0 Å². The fraction of sp³-hybridized carbons (Fsp3) is 0.333. The van der Waals surface area contributed by atoms with E-state index >= 15 is 0 Å². The van der Waals surface area contributed by atoms with E-state index < -0.39 is 23.8 Å². The summed E-state index contributed by atoms with van der Waals surface area (Å²) in [4.78, 5) is 16.3. The normalized spacial score (nSPS) is 13.1. The van der Waals surface area contributed by atoms with Crippen molar-refractivity contribution >= 4 is 11.7 Å². The van der Waals surface area contributed by atoms with Crippen LogP contribution in [0.15, 0.2) is 53.7 Å². The maximum absolute atomic E-state index is 12.6. The number of rotatable bonds is 9. The van der Waals surface area contributed by atoms with Crippen LogP contribution in [-0.2, 0) is 22.4 Å². The lowest BCUT2D eigenvalue weighted by molar-refractivity contribution is -0.145. The number of hydrogen-bond acceptors (Lipinski definition) is 4. The van der Waals surface area contributed by atoms with Gasteiger partial charge in [0.15, 0.2) is 6.10 Å². The number of carboxylic acids is 1. The molecule has 0 bridgehead atoms. The minimum Gasteiger partial charge on any atom is -0.479 e. The van der Waals surface area contributed by atoms with Crippen molar-refractivity contribution in [3.63, 3.8) is 0 Å². The molecule has 0 amide bonds. The van der Waals surface area contributed by atoms with Crippen molar-refractivity contribution in [1.82, 2.24) is 0 Å². The monoisotopic (exact) mass is 409 g/mol. The summed E-state index contributed by atoms with van der Waals surface area (Å²) in [7, 11) is 0. The highest BCUT2D eigenvalue weighted by atomic mass is 19.4. The second kappa shape index (κ2) is 9.95. The van der Waals surface area contributed by atoms with Crippen LogP contribution in [0, 0.1) is 0 Å². The Bertz CT molecular complexity index is 830. The van der Waals surface area contributed by atoms with E-state index in [1.807, 2.05) is 6.92 Å². The number of alkyl halides is 3. The van der Waals surface area contributed by atoms with E-state index in [2.05, 4.69) is 5.16 Å². The van der Waals surface area contributed by atoms with Gasteiger partial charge >= 0.3 is 12.1 Å². The molecule has 29 heavy (non-hydrogen) atoms. The molecule has 1 N–H and O–H groups in total. The topological polar surface area (TPSA) is 68.1 Å². The minimum absolute atomic E-state index is 0.0413. The molecular weight excluding hydrogens is 387 g/mol. The maximum Gasteiger partial charge on any atom is 0.416 e. The molecule has 0 heterocycles. The Hall–Kier alpha value is -3.03. The highest BCUT2D eigenvalue weighted by Crippen LogP contribution is 2.29. The molecule has 0 aliphatic rings. The van der Waals surface area contributed by atoms with Crippen LogP contribution in [0.3, 0.4) is 0 Å². The molecule has 1 atom stereocenters. The van der Waals surface area contributed by atoms with Gasteiger partial charge < -0.3 is 14.7 Å². The summed E-state index contributed by atoms with van der Waals surface area (Å²) in [6.07, 6.45) is -4.37. The zero-order valence-corrected chi connectivity index (χ0v) is 16.1. The molecule has 0 spiro atoms. The van der Waals surface area contributed by atoms with Crippen LogP contribution in [-0.4, -0.2) is 22.9 Å². The third-order valence-electron chi connectivity index (χ3n) is 4.13. The van der Waals surface area contributed by atoms with Gasteiger partial charge in [0.2, 0.25) is 0 Å². The predicted octanol–water partition coefficient (Wildman–Crippen LogP) is 5.28. The number of carbonyl (C=O) groups is 1. The SMILES string of the molecule is CC/C(=N\OCc1ccc(C(F)(F)F)cc1)c1ccc(OC(CC)C(=O)O)cc1. The van der Waals surface area contributed by atoms with Crippen molar-refractivity contribution < 1.29 is 32.6 Å². The molecule has 0 aromatic heterocycles. The van der Waals surface area contributed by atoms with Crippen molar-refractivity contribution in [2.45, 2.75) is 45.6 Å². The van der Waals surface area contributed by atoms with Crippen molar-refractivity contribution in [3.8, 4) is 5.75 Å². The molecule has 2 rings (SSSR count). The number of halogens is 3. The number of nitrogens with zero attached hydrogens (tertiary/aromatic N) is 1. The number of carboxylic acid groups (broad SMARTS) is 1. The first-order valence-corrected chi connectivity index (χ1v) is 9.09. The first-order chi connectivity index (χ1) is 13.7. The largest absolute Gasteiger partial charge is 0.479 e. The lowest BCUT2D eigenvalue weighted by Crippen LogP contribution is -2.25. The summed E-state index contributed by atoms with van der Waals surface area (Å²) in [6.45, 7) is 3.66. The quantitative estimate of drug-likeness (QED) is 0.452. The third-order valence-corrected chi connectivity index (χ3v) is 4.13. The Morgan fingerprint density at radius 1 is 1.07 bits per heavy atom. The second-order valence-corrected chi connectivity index (χ2v) is 6.24. The fourth-order valence-corrected chi connectivity index (χ4v) is 2.49. The number of oxime groups is 1. The van der Waals surface area contributed by atoms with Gasteiger partial charge in [-0.05, 0) is 60.4 Å². The molecule has 0 aliphatic heterocycles. The molecule has 0 radical (unpaired) electrons. The second-order valence-electron chi connectivity index (χ2n) is 6.24. The first kappa shape index (κ1) is 22.3. The van der Waals surface area contributed by atoms with Gasteiger partial charge in [0, 0.05) is 0 Å². The maximum atomic E-state index is 12.6. The van der Waals surface area contributed by atoms with Crippen LogP contribution >= 0.6 is 0 Å². The van der Waals surface area contributed by atoms with Gasteiger partial charge in [-0.25, -0.2) is 4.79 Å². The van der Waals surface area contributed by atoms with Gasteiger partial charge in [0.1, 0.15) is 12.4 Å². The van der Waals surface area contributed by atoms with Crippen LogP contribution in [0.25, 0.3) is 0 Å². The van der Waals surface area contributed by atoms with Gasteiger partial charge in [-0.1, -0.05) is 31.1 Å². The summed E-state index contributed by atoms with van der Waals surface area (Å²) >= 11 is 0. The number of aliphatic carboxylic acids is 1. The average Bonchev–Trinajstić information content (AvgIpc) is 2.69. The van der Waals surface area contributed by atoms with Gasteiger partial charge in [-0.15, -0.1) is 0 Å². The average molecular weight is 409 g/mol. The van der Waals surface area contributed by atoms with Crippen LogP contribution in [0.5, 0.6) is 5.75 Å². The highest BCUT2D eigenvalue weighted by Gasteiger charge is 2.29. The molecule has 156 valence electrons. The predicted molar refractivity (Wildman–Crippen MR) is 102 cm³/mol. The standard InChI is InChI=1S/C21H22F3NO4/c1-3-18(15-7-11-17(12-8-15)29-19(4-2)20(26)27)25-28-13-14-5-9-16(10-6-14)21(22,23)24/h5-12,19H,3-4,13H2,1-2H3,(H,26,27)/b25-18+. The molecule has 2 aromatic rings. The van der Waals surface area contributed by atoms with Crippen molar-refractivity contribution in [3.05, 3.63) is 65.2 Å². The molecule has 0 saturated carbocycles. The van der Waals surface area contributed by atoms with E-state index in [1.165, 1.54) is 12.1 Å². The lowest BCUT2D eigenvalue weighted by atomic mass is 10.1. The molecule has 0 saturated heterocycles. The number of ether oxygens (including phenoxy) is 1. The number of hydrogen-bond donors (Lipinski definition) is 1. The van der Waals surface area contributed by atoms with E-state index in [4.69, 9.17) is 14.7 Å². The van der Waals surface area contributed by atoms with Crippen LogP contribution in [0.2, 0.25) is 0 Å². The minimum atomic E-state index is -4.37. The van der Waals surface area contributed by atoms with E-state index in [-0.39, 0.29) is 6.61 Å². The summed E-state index contributed by atoms with van der Waals surface area (Å²) in [5.41, 5.74) is 1.28. The third kappa shape index (κ3) is 6.51. The van der Waals surface area contributed by atoms with Crippen LogP contribution < -0.4 is 4.74 Å². The summed E-state index contributed by atoms with van der Waals surface area (Å²) in [5.74, 6) is -0.590. The van der Waals surface area contributed by atoms with Gasteiger partial charge in [0.05, 0.1) is 11.3 Å². The zero-order valence-electron chi connectivity index (χ0n) is 16.1. The van der Waals surface area contributed by atoms with Gasteiger partial charge in [-0.3, -0.25) is 0 Å². The van der Waals surface area contributed by atoms with E-state index in [1.54, 1.807) is 31.2 Å². The molecule has 1 unspecified atom stereocenters. The Balaban J connectivity index is 1.99. The summed E-state index contributed by atoms with van der Waals surface area (Å²) < 4.78 is 43.1. The first-order valence-electron chi connectivity index (χ1n) is 9.09. The number of benzene rings is 2. The van der Waals surface area contributed by atoms with E-state index in [9.17, 15) is 18.0 Å². The zero-order chi connectivity index (χ0) is 21.4. The van der Waals surface area contributed by atoms with Crippen LogP contribution in [0.1, 0.15) is 43.4 Å². The Morgan fingerprint density at radius 2 is 1.69 bits per heavy atom. The van der Waals surface area contributed by atoms with Crippen molar-refractivity contribution in [2.75, 3.05) is 0 Å². The summed E-state index contributed by atoms with van der Waals surface area (Å²) in [5, 5.41) is 13.1. The molecule has 0 fully saturated rings. The summed E-state index contributed by atoms with van der Waals surface area (Å²) in [6, 6.07) is 11.5. The van der Waals surface area contributed by atoms with Crippen LogP contribution in [0.4, 0.5) is 13.2 Å². The molecule has 0 aliphatic carbocycles. The van der Waals surface area contributed by atoms with Crippen molar-refractivity contribution in [2.24, 2.45) is 5.16 Å². The fourth-order valence-electron chi connectivity index (χ4n) is 2.49. The van der Waals surface area contributed by atoms with Gasteiger partial charge in [0.25, 0.3) is 0 Å². The Labute approximate surface area is 166 Å². The molecular formula is C21H22F3NO4. The Morgan fingerprint density at radius 3 is 2.17 bits per heavy atom. The van der Waals surface area contributed by atoms with Gasteiger partial charge in [-0.2, -0.15) is 13.2 Å².